The highest BCUT2D eigenvalue weighted by molar-refractivity contribution is 6.30. The van der Waals surface area contributed by atoms with E-state index in [9.17, 15) is 9.59 Å². The average Bonchev–Trinajstić information content (AvgIpc) is 3.33. The molecule has 2 aromatic carbocycles. The summed E-state index contributed by atoms with van der Waals surface area (Å²) in [6, 6.07) is 17.4. The molecule has 1 fully saturated rings. The molecule has 1 saturated heterocycles. The van der Waals surface area contributed by atoms with Crippen LogP contribution >= 0.6 is 11.6 Å². The lowest BCUT2D eigenvalue weighted by Crippen LogP contribution is -2.46. The molecule has 7 nitrogen and oxygen atoms in total. The molecule has 0 radical (unpaired) electrons. The summed E-state index contributed by atoms with van der Waals surface area (Å²) in [6.45, 7) is 1.34. The second-order valence-corrected chi connectivity index (χ2v) is 9.02. The molecule has 0 unspecified atom stereocenters. The Morgan fingerprint density at radius 3 is 2.47 bits per heavy atom. The first kappa shape index (κ1) is 24.0. The molecule has 3 aromatic rings. The van der Waals surface area contributed by atoms with Crippen LogP contribution in [0.1, 0.15) is 43.6 Å². The van der Waals surface area contributed by atoms with Gasteiger partial charge in [0.1, 0.15) is 0 Å². The van der Waals surface area contributed by atoms with Gasteiger partial charge in [-0.25, -0.2) is 0 Å². The number of nitrogens with zero attached hydrogens (tertiary/aromatic N) is 3. The number of piperidine rings is 1. The van der Waals surface area contributed by atoms with Crippen LogP contribution in [-0.2, 0) is 22.4 Å². The predicted octanol–water partition coefficient (Wildman–Crippen LogP) is 4.45. The molecule has 2 amide bonds. The van der Waals surface area contributed by atoms with E-state index < -0.39 is 0 Å². The van der Waals surface area contributed by atoms with Crippen molar-refractivity contribution >= 4 is 23.4 Å². The molecule has 0 aliphatic carbocycles. The standard InChI is InChI=1S/C26H29ClN4O3/c27-21-12-10-20(11-13-21)26-29-24(34-30-26)7-4-8-25(33)31-17-15-22(16-18-31)28-23(32)14-9-19-5-2-1-3-6-19/h1-3,5-6,10-13,22H,4,7-9,14-18H2,(H,28,32). The van der Waals surface area contributed by atoms with Gasteiger partial charge in [-0.05, 0) is 55.5 Å². The Labute approximate surface area is 204 Å². The van der Waals surface area contributed by atoms with Gasteiger partial charge >= 0.3 is 0 Å². The summed E-state index contributed by atoms with van der Waals surface area (Å²) in [7, 11) is 0. The SMILES string of the molecule is O=C(CCc1ccccc1)NC1CCN(C(=O)CCCc2nc(-c3ccc(Cl)cc3)no2)CC1. The highest BCUT2D eigenvalue weighted by Gasteiger charge is 2.23. The van der Waals surface area contributed by atoms with Gasteiger partial charge in [-0.2, -0.15) is 4.98 Å². The first-order valence-electron chi connectivity index (χ1n) is 11.8. The number of hydrogen-bond donors (Lipinski definition) is 1. The number of benzene rings is 2. The molecule has 1 aliphatic heterocycles. The Hall–Kier alpha value is -3.19. The van der Waals surface area contributed by atoms with Gasteiger partial charge in [0.15, 0.2) is 0 Å². The monoisotopic (exact) mass is 480 g/mol. The van der Waals surface area contributed by atoms with E-state index in [1.807, 2.05) is 47.4 Å². The zero-order valence-electron chi connectivity index (χ0n) is 19.1. The van der Waals surface area contributed by atoms with E-state index in [-0.39, 0.29) is 17.9 Å². The lowest BCUT2D eigenvalue weighted by atomic mass is 10.0. The molecule has 1 N–H and O–H groups in total. The summed E-state index contributed by atoms with van der Waals surface area (Å²) in [6.07, 6.45) is 4.45. The predicted molar refractivity (Wildman–Crippen MR) is 130 cm³/mol. The Morgan fingerprint density at radius 2 is 1.74 bits per heavy atom. The van der Waals surface area contributed by atoms with E-state index in [1.165, 1.54) is 5.56 Å². The van der Waals surface area contributed by atoms with Crippen LogP contribution in [0.3, 0.4) is 0 Å². The first-order valence-corrected chi connectivity index (χ1v) is 12.1. The number of aromatic nitrogens is 2. The molecule has 1 aliphatic rings. The van der Waals surface area contributed by atoms with Gasteiger partial charge in [0.05, 0.1) is 0 Å². The Morgan fingerprint density at radius 1 is 1.00 bits per heavy atom. The summed E-state index contributed by atoms with van der Waals surface area (Å²) < 4.78 is 5.32. The van der Waals surface area contributed by atoms with Gasteiger partial charge in [-0.3, -0.25) is 9.59 Å². The summed E-state index contributed by atoms with van der Waals surface area (Å²) in [4.78, 5) is 31.2. The highest BCUT2D eigenvalue weighted by atomic mass is 35.5. The van der Waals surface area contributed by atoms with Crippen molar-refractivity contribution in [1.29, 1.82) is 0 Å². The number of likely N-dealkylation sites (tertiary alicyclic amines) is 1. The van der Waals surface area contributed by atoms with Crippen LogP contribution in [0.4, 0.5) is 0 Å². The molecule has 8 heteroatoms. The number of amides is 2. The van der Waals surface area contributed by atoms with Crippen molar-refractivity contribution in [2.24, 2.45) is 0 Å². The van der Waals surface area contributed by atoms with E-state index in [2.05, 4.69) is 15.5 Å². The van der Waals surface area contributed by atoms with Crippen LogP contribution in [0.5, 0.6) is 0 Å². The van der Waals surface area contributed by atoms with Gasteiger partial charge in [0.25, 0.3) is 0 Å². The molecule has 0 bridgehead atoms. The number of nitrogens with one attached hydrogen (secondary N) is 1. The average molecular weight is 481 g/mol. The molecule has 34 heavy (non-hydrogen) atoms. The molecule has 2 heterocycles. The first-order chi connectivity index (χ1) is 16.6. The molecular formula is C26H29ClN4O3. The van der Waals surface area contributed by atoms with Gasteiger partial charge < -0.3 is 14.7 Å². The van der Waals surface area contributed by atoms with E-state index in [1.54, 1.807) is 12.1 Å². The van der Waals surface area contributed by atoms with E-state index in [4.69, 9.17) is 16.1 Å². The minimum absolute atomic E-state index is 0.0751. The number of carbonyl (C=O) groups excluding carboxylic acids is 2. The zero-order valence-corrected chi connectivity index (χ0v) is 19.8. The van der Waals surface area contributed by atoms with Gasteiger partial charge in [0.2, 0.25) is 23.5 Å². The van der Waals surface area contributed by atoms with Gasteiger partial charge in [0, 0.05) is 49.0 Å². The molecule has 0 spiro atoms. The molecule has 0 saturated carbocycles. The maximum Gasteiger partial charge on any atom is 0.226 e. The third-order valence-corrected chi connectivity index (χ3v) is 6.30. The summed E-state index contributed by atoms with van der Waals surface area (Å²) in [5.74, 6) is 1.25. The van der Waals surface area contributed by atoms with Crippen LogP contribution in [0.2, 0.25) is 5.02 Å². The summed E-state index contributed by atoms with van der Waals surface area (Å²) in [5.41, 5.74) is 2.00. The van der Waals surface area contributed by atoms with Crippen molar-refractivity contribution in [3.8, 4) is 11.4 Å². The summed E-state index contributed by atoms with van der Waals surface area (Å²) in [5, 5.41) is 7.78. The Bertz CT molecular complexity index is 1080. The van der Waals surface area contributed by atoms with Crippen molar-refractivity contribution in [1.82, 2.24) is 20.4 Å². The fourth-order valence-electron chi connectivity index (χ4n) is 4.10. The molecule has 0 atom stereocenters. The van der Waals surface area contributed by atoms with E-state index in [0.717, 1.165) is 24.8 Å². The fourth-order valence-corrected chi connectivity index (χ4v) is 4.22. The Kier molecular flexibility index (Phi) is 8.31. The fraction of sp³-hybridized carbons (Fsp3) is 0.385. The summed E-state index contributed by atoms with van der Waals surface area (Å²) >= 11 is 5.91. The van der Waals surface area contributed by atoms with Crippen LogP contribution < -0.4 is 5.32 Å². The van der Waals surface area contributed by atoms with Crippen LogP contribution in [0.25, 0.3) is 11.4 Å². The smallest absolute Gasteiger partial charge is 0.226 e. The van der Waals surface area contributed by atoms with Crippen LogP contribution in [-0.4, -0.2) is 46.0 Å². The van der Waals surface area contributed by atoms with Crippen LogP contribution in [0.15, 0.2) is 59.1 Å². The van der Waals surface area contributed by atoms with E-state index >= 15 is 0 Å². The maximum atomic E-state index is 12.6. The largest absolute Gasteiger partial charge is 0.353 e. The van der Waals surface area contributed by atoms with Crippen molar-refractivity contribution in [2.75, 3.05) is 13.1 Å². The molecule has 1 aromatic heterocycles. The zero-order chi connectivity index (χ0) is 23.8. The van der Waals surface area contributed by atoms with Crippen molar-refractivity contribution in [2.45, 2.75) is 51.0 Å². The topological polar surface area (TPSA) is 88.3 Å². The number of aryl methyl sites for hydroxylation is 2. The van der Waals surface area contributed by atoms with Crippen LogP contribution in [0, 0.1) is 0 Å². The number of hydrogen-bond acceptors (Lipinski definition) is 5. The second kappa shape index (κ2) is 11.8. The third-order valence-electron chi connectivity index (χ3n) is 6.05. The second-order valence-electron chi connectivity index (χ2n) is 8.58. The number of rotatable bonds is 9. The normalized spacial score (nSPS) is 14.2. The molecule has 178 valence electrons. The number of halogens is 1. The Balaban J connectivity index is 1.13. The minimum atomic E-state index is 0.0751. The quantitative estimate of drug-likeness (QED) is 0.488. The number of carbonyl (C=O) groups is 2. The molecule has 4 rings (SSSR count). The molecular weight excluding hydrogens is 452 g/mol. The lowest BCUT2D eigenvalue weighted by Gasteiger charge is -2.32. The third kappa shape index (κ3) is 6.90. The van der Waals surface area contributed by atoms with Gasteiger partial charge in [-0.1, -0.05) is 47.1 Å². The maximum absolute atomic E-state index is 12.6. The minimum Gasteiger partial charge on any atom is -0.353 e. The van der Waals surface area contributed by atoms with E-state index in [0.29, 0.717) is 55.5 Å². The van der Waals surface area contributed by atoms with Gasteiger partial charge in [-0.15, -0.1) is 0 Å². The lowest BCUT2D eigenvalue weighted by molar-refractivity contribution is -0.132. The van der Waals surface area contributed by atoms with Crippen molar-refractivity contribution in [3.63, 3.8) is 0 Å². The highest BCUT2D eigenvalue weighted by Crippen LogP contribution is 2.19. The van der Waals surface area contributed by atoms with Crippen molar-refractivity contribution < 1.29 is 14.1 Å². The van der Waals surface area contributed by atoms with Crippen molar-refractivity contribution in [3.05, 3.63) is 71.1 Å².